The number of rotatable bonds is 5. The van der Waals surface area contributed by atoms with E-state index in [-0.39, 0.29) is 11.3 Å². The van der Waals surface area contributed by atoms with Gasteiger partial charge in [-0.25, -0.2) is 4.98 Å². The predicted molar refractivity (Wildman–Crippen MR) is 109 cm³/mol. The summed E-state index contributed by atoms with van der Waals surface area (Å²) in [5.74, 6) is 0.106. The van der Waals surface area contributed by atoms with Gasteiger partial charge in [0.2, 0.25) is 0 Å². The number of aliphatic hydroxyl groups excluding tert-OH is 1. The molecule has 26 heavy (non-hydrogen) atoms. The van der Waals surface area contributed by atoms with Crippen LogP contribution in [0.15, 0.2) is 39.9 Å². The van der Waals surface area contributed by atoms with Crippen LogP contribution in [0, 0.1) is 11.3 Å². The number of benzene rings is 1. The minimum absolute atomic E-state index is 0.106. The number of aliphatic hydroxyl groups is 1. The standard InChI is InChI=1S/C19H21BrN4OS/c1-2-23-7-9-24(10-8-23)12-18(25)16(11-21)19-22-17(13-26-19)14-3-5-15(20)6-4-14/h3-6,13,25H,2,7-10,12H2,1H3/b18-16-. The summed E-state index contributed by atoms with van der Waals surface area (Å²) in [6.07, 6.45) is 0. The molecule has 1 aliphatic heterocycles. The smallest absolute Gasteiger partial charge is 0.138 e. The lowest BCUT2D eigenvalue weighted by Gasteiger charge is -2.33. The first-order chi connectivity index (χ1) is 12.6. The van der Waals surface area contributed by atoms with E-state index in [1.807, 2.05) is 29.6 Å². The lowest BCUT2D eigenvalue weighted by atomic mass is 10.2. The van der Waals surface area contributed by atoms with Crippen molar-refractivity contribution in [1.82, 2.24) is 14.8 Å². The fraction of sp³-hybridized carbons (Fsp3) is 0.368. The van der Waals surface area contributed by atoms with E-state index in [0.29, 0.717) is 11.6 Å². The van der Waals surface area contributed by atoms with Gasteiger partial charge in [0.05, 0.1) is 12.2 Å². The molecule has 1 aromatic carbocycles. The lowest BCUT2D eigenvalue weighted by Crippen LogP contribution is -2.46. The van der Waals surface area contributed by atoms with Crippen LogP contribution in [0.3, 0.4) is 0 Å². The largest absolute Gasteiger partial charge is 0.509 e. The van der Waals surface area contributed by atoms with Crippen molar-refractivity contribution in [2.75, 3.05) is 39.3 Å². The second-order valence-electron chi connectivity index (χ2n) is 6.19. The number of halogens is 1. The third-order valence-electron chi connectivity index (χ3n) is 4.54. The molecular weight excluding hydrogens is 412 g/mol. The first kappa shape index (κ1) is 19.1. The maximum absolute atomic E-state index is 10.5. The van der Waals surface area contributed by atoms with E-state index in [2.05, 4.69) is 43.7 Å². The van der Waals surface area contributed by atoms with Crippen LogP contribution in [-0.4, -0.2) is 59.2 Å². The molecule has 1 aromatic heterocycles. The molecule has 0 spiro atoms. The summed E-state index contributed by atoms with van der Waals surface area (Å²) in [4.78, 5) is 9.12. The molecule has 5 nitrogen and oxygen atoms in total. The zero-order valence-corrected chi connectivity index (χ0v) is 17.1. The van der Waals surface area contributed by atoms with Gasteiger partial charge in [0.25, 0.3) is 0 Å². The maximum Gasteiger partial charge on any atom is 0.138 e. The van der Waals surface area contributed by atoms with Crippen LogP contribution in [0.2, 0.25) is 0 Å². The normalized spacial score (nSPS) is 17.0. The maximum atomic E-state index is 10.5. The van der Waals surface area contributed by atoms with Gasteiger partial charge in [-0.3, -0.25) is 4.90 Å². The van der Waals surface area contributed by atoms with Crippen molar-refractivity contribution in [1.29, 1.82) is 5.26 Å². The molecule has 0 saturated carbocycles. The molecule has 0 atom stereocenters. The highest BCUT2D eigenvalue weighted by atomic mass is 79.9. The molecule has 1 N–H and O–H groups in total. The summed E-state index contributed by atoms with van der Waals surface area (Å²) in [5, 5.41) is 22.5. The van der Waals surface area contributed by atoms with Crippen molar-refractivity contribution in [2.24, 2.45) is 0 Å². The Labute approximate surface area is 166 Å². The number of hydrogen-bond acceptors (Lipinski definition) is 6. The number of thiazole rings is 1. The van der Waals surface area contributed by atoms with Gasteiger partial charge in [0, 0.05) is 41.6 Å². The van der Waals surface area contributed by atoms with Gasteiger partial charge in [0.15, 0.2) is 0 Å². The Morgan fingerprint density at radius 3 is 2.50 bits per heavy atom. The van der Waals surface area contributed by atoms with E-state index in [4.69, 9.17) is 0 Å². The summed E-state index contributed by atoms with van der Waals surface area (Å²) in [6, 6.07) is 10.0. The molecule has 3 rings (SSSR count). The number of nitriles is 1. The Hall–Kier alpha value is -1.72. The quantitative estimate of drug-likeness (QED) is 0.571. The molecule has 1 saturated heterocycles. The Morgan fingerprint density at radius 1 is 1.23 bits per heavy atom. The molecule has 1 fully saturated rings. The van der Waals surface area contributed by atoms with Crippen molar-refractivity contribution >= 4 is 32.8 Å². The third kappa shape index (κ3) is 4.51. The fourth-order valence-corrected chi connectivity index (χ4v) is 4.04. The van der Waals surface area contributed by atoms with Crippen LogP contribution < -0.4 is 0 Å². The van der Waals surface area contributed by atoms with Crippen molar-refractivity contribution < 1.29 is 5.11 Å². The molecule has 0 aliphatic carbocycles. The Balaban J connectivity index is 1.74. The average molecular weight is 433 g/mol. The molecule has 2 heterocycles. The van der Waals surface area contributed by atoms with Crippen molar-refractivity contribution in [3.05, 3.63) is 44.9 Å². The molecule has 1 aliphatic rings. The molecule has 0 amide bonds. The highest BCUT2D eigenvalue weighted by Gasteiger charge is 2.19. The summed E-state index contributed by atoms with van der Waals surface area (Å²) in [6.45, 7) is 7.40. The fourth-order valence-electron chi connectivity index (χ4n) is 2.93. The first-order valence-corrected chi connectivity index (χ1v) is 10.3. The number of likely N-dealkylation sites (N-methyl/N-ethyl adjacent to an activating group) is 1. The molecule has 0 radical (unpaired) electrons. The molecule has 7 heteroatoms. The van der Waals surface area contributed by atoms with Crippen LogP contribution >= 0.6 is 27.3 Å². The highest BCUT2D eigenvalue weighted by Crippen LogP contribution is 2.28. The lowest BCUT2D eigenvalue weighted by molar-refractivity contribution is 0.135. The number of piperazine rings is 1. The number of allylic oxidation sites excluding steroid dienone is 1. The molecular formula is C19H21BrN4OS. The molecule has 136 valence electrons. The number of nitrogens with zero attached hydrogens (tertiary/aromatic N) is 4. The third-order valence-corrected chi connectivity index (χ3v) is 5.93. The topological polar surface area (TPSA) is 63.4 Å². The molecule has 2 aromatic rings. The van der Waals surface area contributed by atoms with Gasteiger partial charge in [-0.2, -0.15) is 5.26 Å². The summed E-state index contributed by atoms with van der Waals surface area (Å²) < 4.78 is 1.01. The Kier molecular flexibility index (Phi) is 6.43. The zero-order chi connectivity index (χ0) is 18.5. The van der Waals surface area contributed by atoms with Crippen molar-refractivity contribution in [2.45, 2.75) is 6.92 Å². The van der Waals surface area contributed by atoms with Gasteiger partial charge < -0.3 is 10.0 Å². The van der Waals surface area contributed by atoms with Gasteiger partial charge >= 0.3 is 0 Å². The number of hydrogen-bond donors (Lipinski definition) is 1. The Bertz CT molecular complexity index is 817. The van der Waals surface area contributed by atoms with E-state index in [9.17, 15) is 10.4 Å². The zero-order valence-electron chi connectivity index (χ0n) is 14.7. The minimum Gasteiger partial charge on any atom is -0.509 e. The van der Waals surface area contributed by atoms with Crippen LogP contribution in [0.4, 0.5) is 0 Å². The second kappa shape index (κ2) is 8.78. The molecule has 0 bridgehead atoms. The predicted octanol–water partition coefficient (Wildman–Crippen LogP) is 4.00. The average Bonchev–Trinajstić information content (AvgIpc) is 3.13. The van der Waals surface area contributed by atoms with Crippen molar-refractivity contribution in [3.63, 3.8) is 0 Å². The van der Waals surface area contributed by atoms with E-state index in [1.165, 1.54) is 11.3 Å². The SMILES string of the molecule is CCN1CCN(C/C(O)=C(\C#N)c2nc(-c3ccc(Br)cc3)cs2)CC1. The van der Waals surface area contributed by atoms with Crippen LogP contribution in [0.25, 0.3) is 16.8 Å². The Morgan fingerprint density at radius 2 is 1.88 bits per heavy atom. The summed E-state index contributed by atoms with van der Waals surface area (Å²) in [5.41, 5.74) is 2.08. The van der Waals surface area contributed by atoms with E-state index < -0.39 is 0 Å². The van der Waals surface area contributed by atoms with Crippen LogP contribution in [0.1, 0.15) is 11.9 Å². The summed E-state index contributed by atoms with van der Waals surface area (Å²) in [7, 11) is 0. The van der Waals surface area contributed by atoms with E-state index in [1.54, 1.807) is 0 Å². The van der Waals surface area contributed by atoms with Crippen LogP contribution in [0.5, 0.6) is 0 Å². The van der Waals surface area contributed by atoms with Crippen LogP contribution in [-0.2, 0) is 0 Å². The minimum atomic E-state index is 0.106. The number of aromatic nitrogens is 1. The van der Waals surface area contributed by atoms with E-state index >= 15 is 0 Å². The van der Waals surface area contributed by atoms with Crippen molar-refractivity contribution in [3.8, 4) is 17.3 Å². The summed E-state index contributed by atoms with van der Waals surface area (Å²) >= 11 is 4.81. The highest BCUT2D eigenvalue weighted by molar-refractivity contribution is 9.10. The molecule has 0 unspecified atom stereocenters. The van der Waals surface area contributed by atoms with E-state index in [0.717, 1.165) is 48.5 Å². The van der Waals surface area contributed by atoms with Gasteiger partial charge in [-0.15, -0.1) is 11.3 Å². The monoisotopic (exact) mass is 432 g/mol. The van der Waals surface area contributed by atoms with Gasteiger partial charge in [0.1, 0.15) is 22.4 Å². The van der Waals surface area contributed by atoms with Gasteiger partial charge in [-0.1, -0.05) is 35.0 Å². The van der Waals surface area contributed by atoms with Gasteiger partial charge in [-0.05, 0) is 18.7 Å². The second-order valence-corrected chi connectivity index (χ2v) is 7.96. The first-order valence-electron chi connectivity index (χ1n) is 8.59.